The zero-order valence-electron chi connectivity index (χ0n) is 17.3. The first-order valence-electron chi connectivity index (χ1n) is 8.90. The predicted octanol–water partition coefficient (Wildman–Crippen LogP) is -1.92. The summed E-state index contributed by atoms with van der Waals surface area (Å²) in [5, 5.41) is 12.7. The third kappa shape index (κ3) is 3.76. The standard InChI is InChI=1S/C19H17F2N3O5.Na.H/c1-9-8-29-14-7-23-6-12(16(25)17(26)15(23)19(28)24(9)14)18(27)22-5-10-2-3-11(20)4-13(10)21;;/h2-4,6,9,14,26H,5,7-8H2,1H3,(H,22,27);;/q;+1;-1/t9-,14+;;/m0../s1. The first kappa shape index (κ1) is 22.4. The topological polar surface area (TPSA) is 101 Å². The van der Waals surface area contributed by atoms with Crippen LogP contribution in [0.15, 0.2) is 29.2 Å². The quantitative estimate of drug-likeness (QED) is 0.554. The van der Waals surface area contributed by atoms with Gasteiger partial charge in [-0.15, -0.1) is 0 Å². The summed E-state index contributed by atoms with van der Waals surface area (Å²) in [5.74, 6) is -3.83. The molecule has 3 heterocycles. The van der Waals surface area contributed by atoms with Crippen molar-refractivity contribution in [1.29, 1.82) is 0 Å². The second-order valence-electron chi connectivity index (χ2n) is 6.99. The van der Waals surface area contributed by atoms with Gasteiger partial charge in [-0.3, -0.25) is 14.4 Å². The van der Waals surface area contributed by atoms with E-state index in [0.717, 1.165) is 6.07 Å². The molecule has 0 bridgehead atoms. The zero-order chi connectivity index (χ0) is 20.9. The van der Waals surface area contributed by atoms with Crippen LogP contribution in [0.1, 0.15) is 34.8 Å². The molecule has 8 nitrogen and oxygen atoms in total. The fourth-order valence-electron chi connectivity index (χ4n) is 3.57. The normalized spacial score (nSPS) is 19.7. The first-order valence-corrected chi connectivity index (χ1v) is 8.90. The van der Waals surface area contributed by atoms with Crippen molar-refractivity contribution in [3.8, 4) is 5.75 Å². The minimum atomic E-state index is -1.01. The summed E-state index contributed by atoms with van der Waals surface area (Å²) in [6.07, 6.45) is 0.617. The van der Waals surface area contributed by atoms with Crippen molar-refractivity contribution in [2.75, 3.05) is 6.61 Å². The molecule has 2 aliphatic heterocycles. The molecule has 0 radical (unpaired) electrons. The SMILES string of the molecule is C[C@H]1CO[C@@H]2Cn3cc(C(=O)NCc4ccc(F)cc4F)c(=O)c(O)c3C(=O)N12.[H-].[Na+]. The van der Waals surface area contributed by atoms with Crippen molar-refractivity contribution in [3.63, 3.8) is 0 Å². The van der Waals surface area contributed by atoms with E-state index in [9.17, 15) is 28.3 Å². The molecular weight excluding hydrogens is 411 g/mol. The van der Waals surface area contributed by atoms with Gasteiger partial charge >= 0.3 is 29.6 Å². The van der Waals surface area contributed by atoms with E-state index in [-0.39, 0.29) is 61.4 Å². The summed E-state index contributed by atoms with van der Waals surface area (Å²) in [7, 11) is 0. The van der Waals surface area contributed by atoms with Crippen LogP contribution in [-0.2, 0) is 17.8 Å². The number of halogens is 2. The van der Waals surface area contributed by atoms with Crippen LogP contribution in [0, 0.1) is 11.6 Å². The van der Waals surface area contributed by atoms with Gasteiger partial charge in [0, 0.05) is 24.4 Å². The monoisotopic (exact) mass is 429 g/mol. The van der Waals surface area contributed by atoms with Gasteiger partial charge in [-0.25, -0.2) is 8.78 Å². The predicted molar refractivity (Wildman–Crippen MR) is 96.4 cm³/mol. The van der Waals surface area contributed by atoms with Crippen LogP contribution in [0.4, 0.5) is 8.78 Å². The van der Waals surface area contributed by atoms with E-state index in [1.54, 1.807) is 6.92 Å². The Balaban J connectivity index is 0.00000171. The molecule has 30 heavy (non-hydrogen) atoms. The maximum Gasteiger partial charge on any atom is 1.00 e. The Morgan fingerprint density at radius 2 is 2.10 bits per heavy atom. The molecular formula is C19H18F2N3NaO5. The van der Waals surface area contributed by atoms with Crippen molar-refractivity contribution in [2.24, 2.45) is 0 Å². The minimum absolute atomic E-state index is 0. The molecule has 2 aromatic rings. The van der Waals surface area contributed by atoms with Gasteiger partial charge in [0.2, 0.25) is 5.43 Å². The van der Waals surface area contributed by atoms with Gasteiger partial charge in [0.1, 0.15) is 17.2 Å². The molecule has 11 heteroatoms. The van der Waals surface area contributed by atoms with Gasteiger partial charge in [0.15, 0.2) is 17.7 Å². The third-order valence-electron chi connectivity index (χ3n) is 5.06. The molecule has 2 atom stereocenters. The van der Waals surface area contributed by atoms with Crippen LogP contribution in [0.5, 0.6) is 5.75 Å². The Hall–Kier alpha value is -2.27. The number of amides is 2. The molecule has 2 aliphatic rings. The van der Waals surface area contributed by atoms with Crippen LogP contribution in [-0.4, -0.2) is 45.3 Å². The van der Waals surface area contributed by atoms with Gasteiger partial charge in [-0.1, -0.05) is 6.07 Å². The molecule has 4 rings (SSSR count). The van der Waals surface area contributed by atoms with E-state index in [1.165, 1.54) is 21.7 Å². The summed E-state index contributed by atoms with van der Waals surface area (Å²) < 4.78 is 33.6. The number of pyridine rings is 1. The van der Waals surface area contributed by atoms with E-state index < -0.39 is 46.4 Å². The van der Waals surface area contributed by atoms with E-state index in [0.29, 0.717) is 12.7 Å². The van der Waals surface area contributed by atoms with E-state index in [2.05, 4.69) is 5.32 Å². The number of fused-ring (bicyclic) bond motifs is 2. The van der Waals surface area contributed by atoms with Crippen LogP contribution >= 0.6 is 0 Å². The Morgan fingerprint density at radius 3 is 2.80 bits per heavy atom. The summed E-state index contributed by atoms with van der Waals surface area (Å²) in [6, 6.07) is 2.70. The first-order chi connectivity index (χ1) is 13.8. The van der Waals surface area contributed by atoms with Crippen LogP contribution < -0.4 is 40.3 Å². The molecule has 2 amide bonds. The van der Waals surface area contributed by atoms with Crippen LogP contribution in [0.2, 0.25) is 0 Å². The van der Waals surface area contributed by atoms with Crippen molar-refractivity contribution in [2.45, 2.75) is 32.3 Å². The third-order valence-corrected chi connectivity index (χ3v) is 5.06. The molecule has 1 saturated heterocycles. The number of aromatic hydroxyl groups is 1. The minimum Gasteiger partial charge on any atom is -1.00 e. The molecule has 0 spiro atoms. The number of carbonyl (C=O) groups excluding carboxylic acids is 2. The number of rotatable bonds is 3. The number of hydrogen-bond donors (Lipinski definition) is 2. The largest absolute Gasteiger partial charge is 1.00 e. The molecule has 154 valence electrons. The summed E-state index contributed by atoms with van der Waals surface area (Å²) in [5.41, 5.74) is -1.58. The Labute approximate surface area is 193 Å². The molecule has 0 saturated carbocycles. The molecule has 0 unspecified atom stereocenters. The molecule has 1 aromatic heterocycles. The van der Waals surface area contributed by atoms with E-state index >= 15 is 0 Å². The van der Waals surface area contributed by atoms with E-state index in [4.69, 9.17) is 4.74 Å². The number of benzene rings is 1. The summed E-state index contributed by atoms with van der Waals surface area (Å²) in [6.45, 7) is 1.97. The van der Waals surface area contributed by atoms with Gasteiger partial charge < -0.3 is 26.1 Å². The average Bonchev–Trinajstić information content (AvgIpc) is 3.04. The molecule has 1 aromatic carbocycles. The molecule has 0 aliphatic carbocycles. The van der Waals surface area contributed by atoms with Gasteiger partial charge in [0.25, 0.3) is 11.8 Å². The number of hydrogen-bond acceptors (Lipinski definition) is 5. The molecule has 2 N–H and O–H groups in total. The number of ether oxygens (including phenoxy) is 1. The van der Waals surface area contributed by atoms with E-state index in [1.807, 2.05) is 0 Å². The maximum atomic E-state index is 13.7. The Bertz CT molecular complexity index is 1100. The number of nitrogens with zero attached hydrogens (tertiary/aromatic N) is 2. The van der Waals surface area contributed by atoms with Crippen molar-refractivity contribution >= 4 is 11.8 Å². The smallest absolute Gasteiger partial charge is 1.00 e. The van der Waals surface area contributed by atoms with Gasteiger partial charge in [0.05, 0.1) is 19.2 Å². The fraction of sp³-hybridized carbons (Fsp3) is 0.316. The number of carbonyl (C=O) groups is 2. The maximum absolute atomic E-state index is 13.7. The van der Waals surface area contributed by atoms with Crippen molar-refractivity contribution in [3.05, 3.63) is 63.1 Å². The summed E-state index contributed by atoms with van der Waals surface area (Å²) >= 11 is 0. The Morgan fingerprint density at radius 1 is 1.37 bits per heavy atom. The van der Waals surface area contributed by atoms with Gasteiger partial charge in [-0.05, 0) is 13.0 Å². The summed E-state index contributed by atoms with van der Waals surface area (Å²) in [4.78, 5) is 39.1. The molecule has 1 fully saturated rings. The van der Waals surface area contributed by atoms with Crippen LogP contribution in [0.3, 0.4) is 0 Å². The average molecular weight is 429 g/mol. The van der Waals surface area contributed by atoms with Crippen molar-refractivity contribution < 1.29 is 59.2 Å². The second-order valence-corrected chi connectivity index (χ2v) is 6.99. The van der Waals surface area contributed by atoms with Crippen LogP contribution in [0.25, 0.3) is 0 Å². The van der Waals surface area contributed by atoms with Crippen molar-refractivity contribution in [1.82, 2.24) is 14.8 Å². The fourth-order valence-corrected chi connectivity index (χ4v) is 3.57. The number of nitrogens with one attached hydrogen (secondary N) is 1. The number of aromatic nitrogens is 1. The Kier molecular flexibility index (Phi) is 6.32. The van der Waals surface area contributed by atoms with Gasteiger partial charge in [-0.2, -0.15) is 0 Å². The second kappa shape index (κ2) is 8.46. The zero-order valence-corrected chi connectivity index (χ0v) is 18.3.